The lowest BCUT2D eigenvalue weighted by Crippen LogP contribution is -2.66. The number of fused-ring (bicyclic) bond motifs is 5. The van der Waals surface area contributed by atoms with Gasteiger partial charge in [0.05, 0.1) is 0 Å². The van der Waals surface area contributed by atoms with E-state index in [-0.39, 0.29) is 47.7 Å². The van der Waals surface area contributed by atoms with Crippen LogP contribution < -0.4 is 0 Å². The monoisotopic (exact) mass is 420 g/mol. The van der Waals surface area contributed by atoms with Gasteiger partial charge in [-0.2, -0.15) is 22.0 Å². The van der Waals surface area contributed by atoms with Gasteiger partial charge in [-0.3, -0.25) is 4.79 Å². The molecule has 3 saturated carbocycles. The largest absolute Gasteiger partial charge is 0.456 e. The third kappa shape index (κ3) is 2.45. The lowest BCUT2D eigenvalue weighted by atomic mass is 9.44. The predicted octanol–water partition coefficient (Wildman–Crippen LogP) is 5.69. The Labute approximate surface area is 167 Å². The molecule has 0 aromatic carbocycles. The fourth-order valence-electron chi connectivity index (χ4n) is 7.82. The van der Waals surface area contributed by atoms with Crippen LogP contribution in [0.4, 0.5) is 22.0 Å². The normalized spacial score (nSPS) is 47.9. The number of hydrogen-bond acceptors (Lipinski definition) is 2. The number of hydrogen-bond donors (Lipinski definition) is 1. The summed E-state index contributed by atoms with van der Waals surface area (Å²) in [6, 6.07) is 0. The van der Waals surface area contributed by atoms with Gasteiger partial charge in [0.2, 0.25) is 0 Å². The molecule has 0 spiro atoms. The second-order valence-corrected chi connectivity index (χ2v) is 10.4. The maximum Gasteiger partial charge on any atom is 0.456 e. The van der Waals surface area contributed by atoms with Crippen LogP contribution >= 0.6 is 0 Å². The zero-order valence-corrected chi connectivity index (χ0v) is 17.1. The molecule has 3 unspecified atom stereocenters. The van der Waals surface area contributed by atoms with Gasteiger partial charge in [0.15, 0.2) is 5.78 Å². The molecule has 0 bridgehead atoms. The van der Waals surface area contributed by atoms with E-state index in [9.17, 15) is 31.9 Å². The standard InChI is InChI=1S/C22H29F5O2/c1-12-10-14(28)11-13-4-5-15-16-7-9-20(29,21(23,24)22(25,26)27)18(16,2)8-6-17(15)19(12,13)3/h10,13,15-17,29H,4-9,11H2,1-3H3/t13-,15?,16?,17?,18+,19+,20+/m1/s1. The highest BCUT2D eigenvalue weighted by Crippen LogP contribution is 2.71. The molecular formula is C22H29F5O2. The second-order valence-electron chi connectivity index (χ2n) is 10.4. The van der Waals surface area contributed by atoms with E-state index in [1.54, 1.807) is 6.08 Å². The van der Waals surface area contributed by atoms with Crippen molar-refractivity contribution in [2.45, 2.75) is 83.4 Å². The maximum atomic E-state index is 14.5. The number of rotatable bonds is 1. The molecule has 7 heteroatoms. The van der Waals surface area contributed by atoms with E-state index in [1.165, 1.54) is 6.92 Å². The van der Waals surface area contributed by atoms with Gasteiger partial charge in [-0.05, 0) is 80.6 Å². The molecule has 0 aromatic rings. The van der Waals surface area contributed by atoms with Crippen LogP contribution in [-0.4, -0.2) is 28.6 Å². The van der Waals surface area contributed by atoms with Crippen LogP contribution in [0.3, 0.4) is 0 Å². The van der Waals surface area contributed by atoms with Crippen LogP contribution in [0.15, 0.2) is 11.6 Å². The second kappa shape index (κ2) is 6.04. The van der Waals surface area contributed by atoms with Crippen LogP contribution in [0, 0.1) is 34.5 Å². The van der Waals surface area contributed by atoms with Crippen LogP contribution in [0.5, 0.6) is 0 Å². The number of ketones is 1. The van der Waals surface area contributed by atoms with Crippen molar-refractivity contribution in [2.75, 3.05) is 0 Å². The quantitative estimate of drug-likeness (QED) is 0.553. The van der Waals surface area contributed by atoms with Gasteiger partial charge in [-0.25, -0.2) is 0 Å². The SMILES string of the molecule is CC1=CC(=O)C[C@H]2CCC3C4CC[C@@](O)(C(F)(F)C(F)(F)F)[C@@]4(C)CCC3[C@@]12C. The van der Waals surface area contributed by atoms with Gasteiger partial charge in [0.1, 0.15) is 5.60 Å². The van der Waals surface area contributed by atoms with Crippen molar-refractivity contribution >= 4 is 5.78 Å². The fraction of sp³-hybridized carbons (Fsp3) is 0.864. The summed E-state index contributed by atoms with van der Waals surface area (Å²) in [5.74, 6) is -5.06. The molecular weight excluding hydrogens is 391 g/mol. The third-order valence-electron chi connectivity index (χ3n) is 9.61. The number of carbonyl (C=O) groups is 1. The molecule has 0 aliphatic heterocycles. The van der Waals surface area contributed by atoms with E-state index < -0.39 is 29.5 Å². The molecule has 3 fully saturated rings. The first-order chi connectivity index (χ1) is 13.2. The summed E-state index contributed by atoms with van der Waals surface area (Å²) < 4.78 is 68.6. The number of allylic oxidation sites excluding steroid dienone is 2. The Kier molecular flexibility index (Phi) is 4.43. The van der Waals surface area contributed by atoms with E-state index in [4.69, 9.17) is 0 Å². The lowest BCUT2D eigenvalue weighted by Gasteiger charge is -2.61. The molecule has 1 N–H and O–H groups in total. The van der Waals surface area contributed by atoms with E-state index in [1.807, 2.05) is 6.92 Å². The summed E-state index contributed by atoms with van der Waals surface area (Å²) in [5, 5.41) is 10.9. The van der Waals surface area contributed by atoms with Crippen molar-refractivity contribution in [3.8, 4) is 0 Å². The van der Waals surface area contributed by atoms with Crippen molar-refractivity contribution in [3.63, 3.8) is 0 Å². The van der Waals surface area contributed by atoms with E-state index in [0.717, 1.165) is 18.4 Å². The van der Waals surface area contributed by atoms with Crippen molar-refractivity contribution in [2.24, 2.45) is 34.5 Å². The molecule has 0 saturated heterocycles. The molecule has 29 heavy (non-hydrogen) atoms. The number of alkyl halides is 5. The molecule has 0 radical (unpaired) electrons. The fourth-order valence-corrected chi connectivity index (χ4v) is 7.82. The minimum atomic E-state index is -5.77. The first-order valence-corrected chi connectivity index (χ1v) is 10.6. The highest BCUT2D eigenvalue weighted by molar-refractivity contribution is 5.91. The minimum absolute atomic E-state index is 0.00962. The molecule has 7 atom stereocenters. The summed E-state index contributed by atoms with van der Waals surface area (Å²) >= 11 is 0. The van der Waals surface area contributed by atoms with Crippen molar-refractivity contribution < 1.29 is 31.9 Å². The minimum Gasteiger partial charge on any atom is -0.383 e. The topological polar surface area (TPSA) is 37.3 Å². The Balaban J connectivity index is 1.72. The molecule has 0 amide bonds. The molecule has 2 nitrogen and oxygen atoms in total. The Morgan fingerprint density at radius 2 is 1.62 bits per heavy atom. The number of aliphatic hydroxyl groups is 1. The number of halogens is 5. The van der Waals surface area contributed by atoms with Crippen LogP contribution in [-0.2, 0) is 4.79 Å². The summed E-state index contributed by atoms with van der Waals surface area (Å²) in [6.45, 7) is 5.53. The first kappa shape index (κ1) is 21.3. The smallest absolute Gasteiger partial charge is 0.383 e. The molecule has 4 aliphatic carbocycles. The van der Waals surface area contributed by atoms with E-state index >= 15 is 0 Å². The lowest BCUT2D eigenvalue weighted by molar-refractivity contribution is -0.364. The summed E-state index contributed by atoms with van der Waals surface area (Å²) in [6.07, 6.45) is -1.81. The molecule has 4 aliphatic rings. The Morgan fingerprint density at radius 3 is 2.24 bits per heavy atom. The summed E-state index contributed by atoms with van der Waals surface area (Å²) in [5.41, 5.74) is -3.77. The van der Waals surface area contributed by atoms with Gasteiger partial charge in [0, 0.05) is 11.8 Å². The maximum absolute atomic E-state index is 14.5. The average molecular weight is 420 g/mol. The Bertz CT molecular complexity index is 759. The average Bonchev–Trinajstić information content (AvgIpc) is 2.88. The zero-order valence-electron chi connectivity index (χ0n) is 17.1. The van der Waals surface area contributed by atoms with Crippen LogP contribution in [0.25, 0.3) is 0 Å². The zero-order chi connectivity index (χ0) is 21.6. The Morgan fingerprint density at radius 1 is 1.00 bits per heavy atom. The van der Waals surface area contributed by atoms with Crippen LogP contribution in [0.2, 0.25) is 0 Å². The Hall–Kier alpha value is -0.980. The van der Waals surface area contributed by atoms with Crippen molar-refractivity contribution in [3.05, 3.63) is 11.6 Å². The van der Waals surface area contributed by atoms with Gasteiger partial charge in [-0.15, -0.1) is 0 Å². The molecule has 0 aromatic heterocycles. The van der Waals surface area contributed by atoms with Crippen molar-refractivity contribution in [1.82, 2.24) is 0 Å². The summed E-state index contributed by atoms with van der Waals surface area (Å²) in [4.78, 5) is 12.1. The van der Waals surface area contributed by atoms with Gasteiger partial charge in [-0.1, -0.05) is 19.4 Å². The van der Waals surface area contributed by atoms with E-state index in [2.05, 4.69) is 6.92 Å². The van der Waals surface area contributed by atoms with Gasteiger partial charge >= 0.3 is 12.1 Å². The predicted molar refractivity (Wildman–Crippen MR) is 97.2 cm³/mol. The molecule has 0 heterocycles. The number of carbonyl (C=O) groups excluding carboxylic acids is 1. The van der Waals surface area contributed by atoms with E-state index in [0.29, 0.717) is 12.8 Å². The third-order valence-corrected chi connectivity index (χ3v) is 9.61. The first-order valence-electron chi connectivity index (χ1n) is 10.6. The molecule has 4 rings (SSSR count). The summed E-state index contributed by atoms with van der Waals surface area (Å²) in [7, 11) is 0. The van der Waals surface area contributed by atoms with Gasteiger partial charge in [0.25, 0.3) is 0 Å². The van der Waals surface area contributed by atoms with Crippen LogP contribution in [0.1, 0.15) is 65.7 Å². The molecule has 164 valence electrons. The highest BCUT2D eigenvalue weighted by Gasteiger charge is 2.79. The highest BCUT2D eigenvalue weighted by atomic mass is 19.4. The van der Waals surface area contributed by atoms with Gasteiger partial charge < -0.3 is 5.11 Å². The van der Waals surface area contributed by atoms with Crippen molar-refractivity contribution in [1.29, 1.82) is 0 Å².